The van der Waals surface area contributed by atoms with Gasteiger partial charge in [-0.15, -0.1) is 0 Å². The van der Waals surface area contributed by atoms with Crippen LogP contribution in [0.4, 0.5) is 0 Å². The number of hydrogen-bond donors (Lipinski definition) is 1. The fourth-order valence-corrected chi connectivity index (χ4v) is 0.637. The predicted octanol–water partition coefficient (Wildman–Crippen LogP) is -0.459. The smallest absolute Gasteiger partial charge is 0.219 e. The lowest BCUT2D eigenvalue weighted by atomic mass is 10.4. The van der Waals surface area contributed by atoms with Crippen molar-refractivity contribution in [3.8, 4) is 0 Å². The number of carbonyl (C=O) groups excluding carboxylic acids is 1. The third-order valence-corrected chi connectivity index (χ3v) is 1.30. The van der Waals surface area contributed by atoms with E-state index in [-0.39, 0.29) is 12.3 Å². The van der Waals surface area contributed by atoms with Crippen molar-refractivity contribution in [3.05, 3.63) is 0 Å². The van der Waals surface area contributed by atoms with Gasteiger partial charge < -0.3 is 19.9 Å². The fraction of sp³-hybridized carbons (Fsp3) is 0.875. The lowest BCUT2D eigenvalue weighted by Gasteiger charge is -2.03. The molecule has 0 saturated heterocycles. The van der Waals surface area contributed by atoms with E-state index in [1.165, 1.54) is 0 Å². The minimum absolute atomic E-state index is 0.262. The number of amides is 1. The van der Waals surface area contributed by atoms with Gasteiger partial charge in [-0.25, -0.2) is 0 Å². The monoisotopic (exact) mass is 191 g/mol. The molecule has 13 heavy (non-hydrogen) atoms. The van der Waals surface area contributed by atoms with Gasteiger partial charge in [-0.3, -0.25) is 4.79 Å². The highest BCUT2D eigenvalue weighted by Gasteiger charge is 1.93. The quantitative estimate of drug-likeness (QED) is 0.501. The largest absolute Gasteiger partial charge is 0.382 e. The van der Waals surface area contributed by atoms with Gasteiger partial charge in [0.2, 0.25) is 5.91 Å². The normalized spacial score (nSPS) is 10.2. The third-order valence-electron chi connectivity index (χ3n) is 1.30. The molecule has 5 nitrogen and oxygen atoms in total. The third kappa shape index (κ3) is 11.3. The van der Waals surface area contributed by atoms with E-state index in [1.54, 1.807) is 7.11 Å². The van der Waals surface area contributed by atoms with E-state index in [9.17, 15) is 4.79 Å². The molecule has 5 heteroatoms. The number of ether oxygens (including phenoxy) is 3. The molecule has 0 aliphatic heterocycles. The van der Waals surface area contributed by atoms with Gasteiger partial charge in [0.05, 0.1) is 33.0 Å². The lowest BCUT2D eigenvalue weighted by Crippen LogP contribution is -2.15. The van der Waals surface area contributed by atoms with Crippen molar-refractivity contribution in [2.45, 2.75) is 6.42 Å². The molecule has 0 aromatic heterocycles. The van der Waals surface area contributed by atoms with Crippen LogP contribution in [-0.2, 0) is 19.0 Å². The van der Waals surface area contributed by atoms with Crippen molar-refractivity contribution in [1.29, 1.82) is 0 Å². The maximum Gasteiger partial charge on any atom is 0.219 e. The zero-order valence-electron chi connectivity index (χ0n) is 7.95. The van der Waals surface area contributed by atoms with Crippen LogP contribution in [0.15, 0.2) is 0 Å². The summed E-state index contributed by atoms with van der Waals surface area (Å²) < 4.78 is 14.9. The zero-order chi connectivity index (χ0) is 9.94. The highest BCUT2D eigenvalue weighted by Crippen LogP contribution is 1.82. The van der Waals surface area contributed by atoms with E-state index in [0.717, 1.165) is 0 Å². The van der Waals surface area contributed by atoms with Gasteiger partial charge in [0.25, 0.3) is 0 Å². The topological polar surface area (TPSA) is 70.8 Å². The fourth-order valence-electron chi connectivity index (χ4n) is 0.637. The molecule has 0 aliphatic carbocycles. The molecule has 1 amide bonds. The van der Waals surface area contributed by atoms with Crippen LogP contribution in [0.2, 0.25) is 0 Å². The summed E-state index contributed by atoms with van der Waals surface area (Å²) in [7, 11) is 1.62. The Kier molecular flexibility index (Phi) is 8.97. The second-order valence-corrected chi connectivity index (χ2v) is 2.43. The minimum atomic E-state index is -0.347. The van der Waals surface area contributed by atoms with E-state index >= 15 is 0 Å². The van der Waals surface area contributed by atoms with Crippen molar-refractivity contribution in [2.75, 3.05) is 40.1 Å². The van der Waals surface area contributed by atoms with Gasteiger partial charge in [-0.2, -0.15) is 0 Å². The Morgan fingerprint density at radius 1 is 1.08 bits per heavy atom. The molecule has 0 fully saturated rings. The molecule has 0 aliphatic rings. The number of carbonyl (C=O) groups is 1. The molecule has 78 valence electrons. The van der Waals surface area contributed by atoms with E-state index in [0.29, 0.717) is 33.0 Å². The van der Waals surface area contributed by atoms with Gasteiger partial charge in [-0.1, -0.05) is 0 Å². The summed E-state index contributed by atoms with van der Waals surface area (Å²) in [6.07, 6.45) is 0.262. The molecule has 2 N–H and O–H groups in total. The predicted molar refractivity (Wildman–Crippen MR) is 47.3 cm³/mol. The molecule has 0 unspecified atom stereocenters. The molecule has 0 radical (unpaired) electrons. The van der Waals surface area contributed by atoms with Crippen molar-refractivity contribution in [1.82, 2.24) is 0 Å². The molecule has 0 spiro atoms. The molecule has 0 aromatic rings. The zero-order valence-corrected chi connectivity index (χ0v) is 7.95. The Morgan fingerprint density at radius 2 is 1.62 bits per heavy atom. The van der Waals surface area contributed by atoms with Crippen molar-refractivity contribution >= 4 is 5.91 Å². The molecule has 0 rings (SSSR count). The van der Waals surface area contributed by atoms with Crippen molar-refractivity contribution in [3.63, 3.8) is 0 Å². The van der Waals surface area contributed by atoms with Gasteiger partial charge >= 0.3 is 0 Å². The molecule has 0 atom stereocenters. The van der Waals surface area contributed by atoms with Crippen LogP contribution in [0.1, 0.15) is 6.42 Å². The Labute approximate surface area is 78.1 Å². The summed E-state index contributed by atoms with van der Waals surface area (Å²) in [4.78, 5) is 10.3. The van der Waals surface area contributed by atoms with E-state index in [4.69, 9.17) is 19.9 Å². The van der Waals surface area contributed by atoms with E-state index < -0.39 is 0 Å². The summed E-state index contributed by atoms with van der Waals surface area (Å²) in [6.45, 7) is 2.51. The number of primary amides is 1. The number of nitrogens with two attached hydrogens (primary N) is 1. The minimum Gasteiger partial charge on any atom is -0.382 e. The van der Waals surface area contributed by atoms with Crippen LogP contribution in [-0.4, -0.2) is 46.1 Å². The van der Waals surface area contributed by atoms with Crippen LogP contribution in [0.3, 0.4) is 0 Å². The number of rotatable bonds is 9. The summed E-state index contributed by atoms with van der Waals surface area (Å²) in [5.74, 6) is -0.347. The Morgan fingerprint density at radius 3 is 2.15 bits per heavy atom. The summed E-state index contributed by atoms with van der Waals surface area (Å²) in [5, 5.41) is 0. The van der Waals surface area contributed by atoms with Crippen LogP contribution in [0, 0.1) is 0 Å². The Bertz CT molecular complexity index is 129. The molecular formula is C8H17NO4. The standard InChI is InChI=1S/C8H17NO4/c1-11-4-5-13-7-6-12-3-2-8(9)10/h2-7H2,1H3,(H2,9,10). The van der Waals surface area contributed by atoms with E-state index in [2.05, 4.69) is 0 Å². The summed E-state index contributed by atoms with van der Waals surface area (Å²) in [5.41, 5.74) is 4.91. The SMILES string of the molecule is COCCOCCOCCC(N)=O. The summed E-state index contributed by atoms with van der Waals surface area (Å²) >= 11 is 0. The van der Waals surface area contributed by atoms with Gasteiger partial charge in [0.1, 0.15) is 0 Å². The first-order valence-corrected chi connectivity index (χ1v) is 4.20. The van der Waals surface area contributed by atoms with Gasteiger partial charge in [0, 0.05) is 13.5 Å². The Hall–Kier alpha value is -0.650. The number of hydrogen-bond acceptors (Lipinski definition) is 4. The summed E-state index contributed by atoms with van der Waals surface area (Å²) in [6, 6.07) is 0. The lowest BCUT2D eigenvalue weighted by molar-refractivity contribution is -0.119. The van der Waals surface area contributed by atoms with Crippen LogP contribution in [0.5, 0.6) is 0 Å². The molecule has 0 bridgehead atoms. The van der Waals surface area contributed by atoms with Crippen molar-refractivity contribution < 1.29 is 19.0 Å². The van der Waals surface area contributed by atoms with Crippen LogP contribution >= 0.6 is 0 Å². The highest BCUT2D eigenvalue weighted by atomic mass is 16.5. The average Bonchev–Trinajstić information content (AvgIpc) is 2.09. The van der Waals surface area contributed by atoms with Crippen molar-refractivity contribution in [2.24, 2.45) is 5.73 Å². The second kappa shape index (κ2) is 9.44. The van der Waals surface area contributed by atoms with Crippen LogP contribution in [0.25, 0.3) is 0 Å². The Balaban J connectivity index is 2.87. The first-order valence-electron chi connectivity index (χ1n) is 4.20. The molecular weight excluding hydrogens is 174 g/mol. The maximum absolute atomic E-state index is 10.3. The van der Waals surface area contributed by atoms with Gasteiger partial charge in [-0.05, 0) is 0 Å². The first-order chi connectivity index (χ1) is 6.27. The highest BCUT2D eigenvalue weighted by molar-refractivity contribution is 5.73. The van der Waals surface area contributed by atoms with Gasteiger partial charge in [0.15, 0.2) is 0 Å². The maximum atomic E-state index is 10.3. The number of methoxy groups -OCH3 is 1. The van der Waals surface area contributed by atoms with E-state index in [1.807, 2.05) is 0 Å². The van der Waals surface area contributed by atoms with Crippen LogP contribution < -0.4 is 5.73 Å². The second-order valence-electron chi connectivity index (χ2n) is 2.43. The molecule has 0 aromatic carbocycles. The molecule has 0 saturated carbocycles. The average molecular weight is 191 g/mol. The molecule has 0 heterocycles. The first kappa shape index (κ1) is 12.3.